The Hall–Kier alpha value is -2.64. The number of morpholine rings is 1. The van der Waals surface area contributed by atoms with E-state index in [-0.39, 0.29) is 12.3 Å². The lowest BCUT2D eigenvalue weighted by atomic mass is 9.91. The molecule has 2 saturated heterocycles. The molecule has 204 valence electrons. The summed E-state index contributed by atoms with van der Waals surface area (Å²) in [6.07, 6.45) is 8.34. The smallest absolute Gasteiger partial charge is 0.304 e. The number of carboxylic acid groups (broad SMARTS) is 1. The van der Waals surface area contributed by atoms with Crippen molar-refractivity contribution in [3.05, 3.63) is 52.7 Å². The normalized spacial score (nSPS) is 22.6. The van der Waals surface area contributed by atoms with Crippen molar-refractivity contribution in [3.8, 4) is 0 Å². The molecule has 1 aromatic carbocycles. The van der Waals surface area contributed by atoms with Gasteiger partial charge in [0.25, 0.3) is 0 Å². The molecular formula is C31H42N4O3. The van der Waals surface area contributed by atoms with Crippen LogP contribution in [0.4, 0.5) is 11.5 Å². The molecule has 2 N–H and O–H groups in total. The number of ether oxygens (including phenoxy) is 1. The summed E-state index contributed by atoms with van der Waals surface area (Å²) in [5.74, 6) is 1.68. The number of aromatic nitrogens is 1. The number of aryl methyl sites for hydroxylation is 2. The zero-order chi connectivity index (χ0) is 25.9. The molecule has 0 amide bonds. The summed E-state index contributed by atoms with van der Waals surface area (Å²) in [5, 5.41) is 13.3. The predicted molar refractivity (Wildman–Crippen MR) is 150 cm³/mol. The third-order valence-electron chi connectivity index (χ3n) is 8.89. The van der Waals surface area contributed by atoms with E-state index in [0.29, 0.717) is 11.8 Å². The minimum Gasteiger partial charge on any atom is -0.481 e. The number of carbonyl (C=O) groups is 1. The van der Waals surface area contributed by atoms with Gasteiger partial charge in [-0.25, -0.2) is 4.98 Å². The molecule has 6 rings (SSSR count). The van der Waals surface area contributed by atoms with Crippen LogP contribution in [0.3, 0.4) is 0 Å². The fraction of sp³-hybridized carbons (Fsp3) is 0.613. The Morgan fingerprint density at radius 1 is 1.13 bits per heavy atom. The molecule has 4 aliphatic rings. The number of likely N-dealkylation sites (tertiary alicyclic amines) is 1. The van der Waals surface area contributed by atoms with E-state index in [9.17, 15) is 9.90 Å². The van der Waals surface area contributed by atoms with Crippen LogP contribution in [0.15, 0.2) is 30.3 Å². The van der Waals surface area contributed by atoms with Gasteiger partial charge >= 0.3 is 5.97 Å². The minimum atomic E-state index is -0.706. The zero-order valence-electron chi connectivity index (χ0n) is 22.5. The van der Waals surface area contributed by atoms with E-state index in [0.717, 1.165) is 77.6 Å². The van der Waals surface area contributed by atoms with Gasteiger partial charge in [-0.1, -0.05) is 12.1 Å². The van der Waals surface area contributed by atoms with Gasteiger partial charge in [0.2, 0.25) is 0 Å². The highest BCUT2D eigenvalue weighted by Crippen LogP contribution is 2.43. The number of rotatable bonds is 10. The number of nitrogens with one attached hydrogen (secondary N) is 1. The van der Waals surface area contributed by atoms with E-state index in [4.69, 9.17) is 9.72 Å². The van der Waals surface area contributed by atoms with Gasteiger partial charge in [-0.3, -0.25) is 4.79 Å². The summed E-state index contributed by atoms with van der Waals surface area (Å²) < 4.78 is 5.58. The van der Waals surface area contributed by atoms with Gasteiger partial charge in [0.15, 0.2) is 0 Å². The SMILES string of the molecule is O=C(O)CC(CN1CCC(CCc2ccc3c(n2)NCCC3)C1)c1cc(C2CC2)cc(N2CCOCC2)c1. The van der Waals surface area contributed by atoms with Crippen molar-refractivity contribution < 1.29 is 14.6 Å². The first-order valence-electron chi connectivity index (χ1n) is 14.7. The fourth-order valence-electron chi connectivity index (χ4n) is 6.54. The zero-order valence-corrected chi connectivity index (χ0v) is 22.5. The largest absolute Gasteiger partial charge is 0.481 e. The molecule has 3 aliphatic heterocycles. The van der Waals surface area contributed by atoms with Crippen molar-refractivity contribution >= 4 is 17.5 Å². The average Bonchev–Trinajstić information content (AvgIpc) is 3.71. The van der Waals surface area contributed by atoms with Gasteiger partial charge in [-0.15, -0.1) is 0 Å². The van der Waals surface area contributed by atoms with Crippen molar-refractivity contribution in [1.29, 1.82) is 0 Å². The van der Waals surface area contributed by atoms with Crippen LogP contribution < -0.4 is 10.2 Å². The standard InChI is InChI=1S/C31H42N4O3/c36-30(37)19-27(26-16-25(23-4-5-23)17-29(18-26)35-12-14-38-15-13-35)21-34-11-9-22(20-34)3-7-28-8-6-24-2-1-10-32-31(24)33-28/h6,8,16-18,22-23,27H,1-5,7,9-15,19-21H2,(H,32,33)(H,36,37). The second kappa shape index (κ2) is 11.6. The summed E-state index contributed by atoms with van der Waals surface area (Å²) >= 11 is 0. The molecule has 4 heterocycles. The lowest BCUT2D eigenvalue weighted by molar-refractivity contribution is -0.137. The minimum absolute atomic E-state index is 0.0122. The summed E-state index contributed by atoms with van der Waals surface area (Å²) in [5.41, 5.74) is 6.37. The number of anilines is 2. The molecular weight excluding hydrogens is 476 g/mol. The van der Waals surface area contributed by atoms with Crippen molar-refractivity contribution in [2.45, 2.75) is 63.2 Å². The number of benzene rings is 1. The number of fused-ring (bicyclic) bond motifs is 1. The Balaban J connectivity index is 1.11. The summed E-state index contributed by atoms with van der Waals surface area (Å²) in [4.78, 5) is 21.8. The lowest BCUT2D eigenvalue weighted by Gasteiger charge is -2.31. The summed E-state index contributed by atoms with van der Waals surface area (Å²) in [6.45, 7) is 7.27. The van der Waals surface area contributed by atoms with Crippen LogP contribution in [0.2, 0.25) is 0 Å². The molecule has 0 spiro atoms. The highest BCUT2D eigenvalue weighted by atomic mass is 16.5. The maximum absolute atomic E-state index is 11.9. The van der Waals surface area contributed by atoms with Crippen LogP contribution in [0, 0.1) is 5.92 Å². The van der Waals surface area contributed by atoms with E-state index in [1.165, 1.54) is 53.8 Å². The van der Waals surface area contributed by atoms with Crippen molar-refractivity contribution in [1.82, 2.24) is 9.88 Å². The van der Waals surface area contributed by atoms with Crippen LogP contribution in [0.5, 0.6) is 0 Å². The van der Waals surface area contributed by atoms with Crippen LogP contribution >= 0.6 is 0 Å². The molecule has 1 saturated carbocycles. The highest BCUT2D eigenvalue weighted by Gasteiger charge is 2.30. The molecule has 2 unspecified atom stereocenters. The molecule has 2 atom stereocenters. The maximum atomic E-state index is 11.9. The third kappa shape index (κ3) is 6.32. The van der Waals surface area contributed by atoms with Gasteiger partial charge in [-0.05, 0) is 98.2 Å². The molecule has 1 aliphatic carbocycles. The van der Waals surface area contributed by atoms with E-state index < -0.39 is 5.97 Å². The van der Waals surface area contributed by atoms with Crippen LogP contribution in [-0.4, -0.2) is 73.4 Å². The van der Waals surface area contributed by atoms with Crippen molar-refractivity contribution in [3.63, 3.8) is 0 Å². The average molecular weight is 519 g/mol. The molecule has 2 aromatic rings. The highest BCUT2D eigenvalue weighted by molar-refractivity contribution is 5.68. The Labute approximate surface area is 226 Å². The second-order valence-corrected chi connectivity index (χ2v) is 11.8. The van der Waals surface area contributed by atoms with Gasteiger partial charge in [0, 0.05) is 50.0 Å². The monoisotopic (exact) mass is 518 g/mol. The number of aliphatic carboxylic acids is 1. The van der Waals surface area contributed by atoms with E-state index in [1.807, 2.05) is 0 Å². The number of hydrogen-bond donors (Lipinski definition) is 2. The Morgan fingerprint density at radius 2 is 2.00 bits per heavy atom. The van der Waals surface area contributed by atoms with Crippen LogP contribution in [0.1, 0.15) is 72.7 Å². The number of carboxylic acids is 1. The maximum Gasteiger partial charge on any atom is 0.304 e. The summed E-state index contributed by atoms with van der Waals surface area (Å²) in [7, 11) is 0. The molecule has 7 nitrogen and oxygen atoms in total. The quantitative estimate of drug-likeness (QED) is 0.473. The first-order valence-corrected chi connectivity index (χ1v) is 14.7. The first-order chi connectivity index (χ1) is 18.6. The van der Waals surface area contributed by atoms with Gasteiger partial charge < -0.3 is 25.0 Å². The van der Waals surface area contributed by atoms with Gasteiger partial charge in [-0.2, -0.15) is 0 Å². The van der Waals surface area contributed by atoms with Crippen LogP contribution in [-0.2, 0) is 22.4 Å². The number of nitrogens with zero attached hydrogens (tertiary/aromatic N) is 3. The van der Waals surface area contributed by atoms with E-state index in [2.05, 4.69) is 45.4 Å². The lowest BCUT2D eigenvalue weighted by Crippen LogP contribution is -2.36. The molecule has 0 radical (unpaired) electrons. The topological polar surface area (TPSA) is 77.9 Å². The van der Waals surface area contributed by atoms with Crippen molar-refractivity contribution in [2.75, 3.05) is 62.7 Å². The third-order valence-corrected chi connectivity index (χ3v) is 8.89. The molecule has 38 heavy (non-hydrogen) atoms. The van der Waals surface area contributed by atoms with Crippen molar-refractivity contribution in [2.24, 2.45) is 5.92 Å². The van der Waals surface area contributed by atoms with Gasteiger partial charge in [0.1, 0.15) is 5.82 Å². The van der Waals surface area contributed by atoms with E-state index >= 15 is 0 Å². The predicted octanol–water partition coefficient (Wildman–Crippen LogP) is 4.67. The van der Waals surface area contributed by atoms with Crippen LogP contribution in [0.25, 0.3) is 0 Å². The number of hydrogen-bond acceptors (Lipinski definition) is 6. The number of pyridine rings is 1. The van der Waals surface area contributed by atoms with E-state index in [1.54, 1.807) is 0 Å². The Morgan fingerprint density at radius 3 is 2.82 bits per heavy atom. The Kier molecular flexibility index (Phi) is 7.84. The fourth-order valence-corrected chi connectivity index (χ4v) is 6.54. The van der Waals surface area contributed by atoms with Gasteiger partial charge in [0.05, 0.1) is 19.6 Å². The Bertz CT molecular complexity index is 1130. The second-order valence-electron chi connectivity index (χ2n) is 11.8. The molecule has 7 heteroatoms. The first kappa shape index (κ1) is 25.6. The summed E-state index contributed by atoms with van der Waals surface area (Å²) in [6, 6.07) is 11.4. The molecule has 1 aromatic heterocycles. The molecule has 0 bridgehead atoms. The molecule has 3 fully saturated rings.